The fourth-order valence-corrected chi connectivity index (χ4v) is 0. The summed E-state index contributed by atoms with van der Waals surface area (Å²) in [5.41, 5.74) is 0. The van der Waals surface area contributed by atoms with Crippen LogP contribution in [0.5, 0.6) is 0 Å². The zero-order valence-electron chi connectivity index (χ0n) is 2.57. The van der Waals surface area contributed by atoms with Gasteiger partial charge < -0.3 is 0 Å². The Hall–Kier alpha value is 1.00. The summed E-state index contributed by atoms with van der Waals surface area (Å²) in [6.45, 7) is 0. The standard InChI is InChI=1S/H3O3PS.Pd/c1-5(2,3)4;/h4H2,(H,1,2,3);. The van der Waals surface area contributed by atoms with Gasteiger partial charge in [0.25, 0.3) is 9.74 Å². The van der Waals surface area contributed by atoms with E-state index in [1.165, 1.54) is 8.44 Å². The van der Waals surface area contributed by atoms with Crippen LogP contribution < -0.4 is 0 Å². The van der Waals surface area contributed by atoms with Crippen molar-refractivity contribution in [1.82, 2.24) is 0 Å². The first kappa shape index (κ1) is 10.1. The van der Waals surface area contributed by atoms with Crippen molar-refractivity contribution in [3.8, 4) is 0 Å². The minimum absolute atomic E-state index is 0. The van der Waals surface area contributed by atoms with Crippen LogP contribution >= 0.6 is 8.44 Å². The average molecular weight is 220 g/mol. The molecule has 1 atom stereocenters. The van der Waals surface area contributed by atoms with Crippen LogP contribution in [0.15, 0.2) is 0 Å². The van der Waals surface area contributed by atoms with Crippen LogP contribution in [0.1, 0.15) is 0 Å². The van der Waals surface area contributed by atoms with Crippen LogP contribution in [0.4, 0.5) is 0 Å². The molecule has 0 aromatic heterocycles. The first-order valence-corrected chi connectivity index (χ1v) is 3.67. The van der Waals surface area contributed by atoms with Gasteiger partial charge in [0.15, 0.2) is 0 Å². The average Bonchev–Trinajstić information content (AvgIpc) is 0.722. The van der Waals surface area contributed by atoms with E-state index < -0.39 is 9.74 Å². The zero-order valence-corrected chi connectivity index (χ0v) is 6.09. The predicted molar refractivity (Wildman–Crippen MR) is 21.3 cm³/mol. The molecular formula is H3O3PPdS. The molecule has 0 saturated carbocycles. The molecule has 0 amide bonds. The summed E-state index contributed by atoms with van der Waals surface area (Å²) in [5, 5.41) is 0. The van der Waals surface area contributed by atoms with Gasteiger partial charge in [-0.15, -0.1) is 0 Å². The smallest absolute Gasteiger partial charge is 0.275 e. The number of rotatable bonds is 0. The van der Waals surface area contributed by atoms with Gasteiger partial charge in [-0.25, -0.2) is 0 Å². The summed E-state index contributed by atoms with van der Waals surface area (Å²) >= 11 is 0. The van der Waals surface area contributed by atoms with Crippen molar-refractivity contribution in [3.63, 3.8) is 0 Å². The summed E-state index contributed by atoms with van der Waals surface area (Å²) in [5.74, 6) is 0. The molecule has 0 bridgehead atoms. The molecule has 1 unspecified atom stereocenters. The van der Waals surface area contributed by atoms with Crippen LogP contribution in [-0.2, 0) is 30.2 Å². The second-order valence-electron chi connectivity index (χ2n) is 0.515. The second kappa shape index (κ2) is 3.06. The van der Waals surface area contributed by atoms with Crippen LogP contribution in [0.25, 0.3) is 0 Å². The van der Waals surface area contributed by atoms with Crippen molar-refractivity contribution in [2.75, 3.05) is 0 Å². The van der Waals surface area contributed by atoms with E-state index in [9.17, 15) is 0 Å². The van der Waals surface area contributed by atoms with E-state index in [1.807, 2.05) is 0 Å². The summed E-state index contributed by atoms with van der Waals surface area (Å²) in [6, 6.07) is 0. The summed E-state index contributed by atoms with van der Waals surface area (Å²) < 4.78 is 25.8. The topological polar surface area (TPSA) is 54.4 Å². The molecule has 0 saturated heterocycles. The first-order valence-electron chi connectivity index (χ1n) is 0.752. The molecule has 0 aliphatic heterocycles. The van der Waals surface area contributed by atoms with Gasteiger partial charge in [-0.3, -0.25) is 4.55 Å². The molecule has 0 rings (SSSR count). The van der Waals surface area contributed by atoms with Crippen molar-refractivity contribution in [1.29, 1.82) is 0 Å². The Bertz CT molecular complexity index is 94.0. The van der Waals surface area contributed by atoms with Gasteiger partial charge in [-0.1, -0.05) is 0 Å². The Labute approximate surface area is 51.9 Å². The van der Waals surface area contributed by atoms with Gasteiger partial charge in [-0.05, 0) is 0 Å². The summed E-state index contributed by atoms with van der Waals surface area (Å²) in [6.07, 6.45) is 0. The molecule has 0 aliphatic rings. The maximum Gasteiger partial charge on any atom is 0.275 e. The molecular weight excluding hydrogens is 217 g/mol. The third-order valence-corrected chi connectivity index (χ3v) is 0. The normalized spacial score (nSPS) is 9.67. The van der Waals surface area contributed by atoms with E-state index in [0.29, 0.717) is 0 Å². The molecule has 42 valence electrons. The SMILES string of the molecule is O=S(=O)(O)P.[Pd]. The molecule has 6 heteroatoms. The molecule has 0 aliphatic carbocycles. The van der Waals surface area contributed by atoms with Gasteiger partial charge in [0.2, 0.25) is 0 Å². The van der Waals surface area contributed by atoms with Crippen molar-refractivity contribution in [2.45, 2.75) is 0 Å². The maximum absolute atomic E-state index is 9.15. The van der Waals surface area contributed by atoms with Gasteiger partial charge >= 0.3 is 0 Å². The quantitative estimate of drug-likeness (QED) is 0.345. The van der Waals surface area contributed by atoms with Crippen LogP contribution in [0.3, 0.4) is 0 Å². The summed E-state index contributed by atoms with van der Waals surface area (Å²) in [7, 11) is -2.51. The number of hydrogen-bond donors (Lipinski definition) is 1. The number of hydrogen-bond acceptors (Lipinski definition) is 2. The molecule has 0 heterocycles. The molecule has 0 fully saturated rings. The third-order valence-electron chi connectivity index (χ3n) is 0. The van der Waals surface area contributed by atoms with Crippen LogP contribution in [-0.4, -0.2) is 13.0 Å². The summed E-state index contributed by atoms with van der Waals surface area (Å²) in [4.78, 5) is 0. The van der Waals surface area contributed by atoms with Crippen LogP contribution in [0.2, 0.25) is 0 Å². The fourth-order valence-electron chi connectivity index (χ4n) is 0. The predicted octanol–water partition coefficient (Wildman–Crippen LogP) is -0.338. The van der Waals surface area contributed by atoms with Crippen molar-refractivity contribution in [3.05, 3.63) is 0 Å². The van der Waals surface area contributed by atoms with Gasteiger partial charge in [0, 0.05) is 28.9 Å². The van der Waals surface area contributed by atoms with E-state index in [-0.39, 0.29) is 20.4 Å². The largest absolute Gasteiger partial charge is 0.283 e. The monoisotopic (exact) mass is 220 g/mol. The first-order chi connectivity index (χ1) is 2.00. The Morgan fingerprint density at radius 1 is 1.50 bits per heavy atom. The fraction of sp³-hybridized carbons (Fsp3) is 0. The molecule has 3 nitrogen and oxygen atoms in total. The van der Waals surface area contributed by atoms with E-state index in [2.05, 4.69) is 0 Å². The Balaban J connectivity index is 0. The second-order valence-corrected chi connectivity index (χ2v) is 3.33. The van der Waals surface area contributed by atoms with Gasteiger partial charge in [0.1, 0.15) is 0 Å². The van der Waals surface area contributed by atoms with Gasteiger partial charge in [-0.2, -0.15) is 8.42 Å². The van der Waals surface area contributed by atoms with Crippen molar-refractivity contribution < 1.29 is 33.4 Å². The molecule has 0 radical (unpaired) electrons. The van der Waals surface area contributed by atoms with Crippen LogP contribution in [0, 0.1) is 0 Å². The molecule has 6 heavy (non-hydrogen) atoms. The molecule has 1 N–H and O–H groups in total. The maximum atomic E-state index is 9.15. The zero-order chi connectivity index (χ0) is 4.50. The van der Waals surface area contributed by atoms with E-state index >= 15 is 0 Å². The van der Waals surface area contributed by atoms with Crippen molar-refractivity contribution >= 4 is 18.2 Å². The Morgan fingerprint density at radius 2 is 1.50 bits per heavy atom. The van der Waals surface area contributed by atoms with E-state index in [4.69, 9.17) is 13.0 Å². The molecule has 0 spiro atoms. The Morgan fingerprint density at radius 3 is 1.50 bits per heavy atom. The van der Waals surface area contributed by atoms with Gasteiger partial charge in [0.05, 0.1) is 0 Å². The van der Waals surface area contributed by atoms with E-state index in [0.717, 1.165) is 0 Å². The van der Waals surface area contributed by atoms with E-state index in [1.54, 1.807) is 0 Å². The minimum Gasteiger partial charge on any atom is -0.283 e. The Kier molecular flexibility index (Phi) is 5.15. The third kappa shape index (κ3) is 79.8. The minimum atomic E-state index is -3.75. The molecule has 0 aromatic carbocycles. The van der Waals surface area contributed by atoms with Crippen molar-refractivity contribution in [2.24, 2.45) is 0 Å². The molecule has 0 aromatic rings.